The molecule has 1 N–H and O–H groups in total. The minimum absolute atomic E-state index is 0.140. The fourth-order valence-electron chi connectivity index (χ4n) is 2.78. The van der Waals surface area contributed by atoms with Crippen molar-refractivity contribution in [2.45, 2.75) is 72.9 Å². The fourth-order valence-corrected chi connectivity index (χ4v) is 2.78. The van der Waals surface area contributed by atoms with Gasteiger partial charge in [0.2, 0.25) is 0 Å². The van der Waals surface area contributed by atoms with Gasteiger partial charge in [0, 0.05) is 12.6 Å². The highest BCUT2D eigenvalue weighted by Crippen LogP contribution is 2.19. The minimum atomic E-state index is -0.604. The Morgan fingerprint density at radius 3 is 2.29 bits per heavy atom. The van der Waals surface area contributed by atoms with Gasteiger partial charge in [-0.1, -0.05) is 34.1 Å². The maximum Gasteiger partial charge on any atom is 0.326 e. The summed E-state index contributed by atoms with van der Waals surface area (Å²) in [5, 5.41) is 3.32. The zero-order chi connectivity index (χ0) is 16.5. The first kappa shape index (κ1) is 20.4. The van der Waals surface area contributed by atoms with Gasteiger partial charge in [-0.25, -0.2) is 0 Å². The van der Waals surface area contributed by atoms with Crippen molar-refractivity contribution in [2.24, 2.45) is 5.92 Å². The van der Waals surface area contributed by atoms with Gasteiger partial charge in [0.05, 0.1) is 6.61 Å². The Balaban J connectivity index is 4.84. The molecule has 3 unspecified atom stereocenters. The third kappa shape index (κ3) is 6.79. The van der Waals surface area contributed by atoms with Crippen LogP contribution in [0.1, 0.15) is 61.3 Å². The Labute approximate surface area is 131 Å². The number of hydrogen-bond donors (Lipinski definition) is 1. The monoisotopic (exact) mass is 300 g/mol. The van der Waals surface area contributed by atoms with Crippen LogP contribution in [-0.4, -0.2) is 48.7 Å². The number of nitrogens with zero attached hydrogens (tertiary/aromatic N) is 1. The minimum Gasteiger partial charge on any atom is -0.465 e. The summed E-state index contributed by atoms with van der Waals surface area (Å²) < 4.78 is 5.26. The van der Waals surface area contributed by atoms with Crippen LogP contribution in [0.2, 0.25) is 0 Å². The molecule has 3 atom stereocenters. The normalized spacial score (nSPS) is 17.3. The maximum atomic E-state index is 12.3. The van der Waals surface area contributed by atoms with Crippen molar-refractivity contribution < 1.29 is 9.53 Å². The molecule has 0 fully saturated rings. The van der Waals surface area contributed by atoms with E-state index in [-0.39, 0.29) is 5.97 Å². The molecule has 21 heavy (non-hydrogen) atoms. The van der Waals surface area contributed by atoms with Crippen molar-refractivity contribution in [1.82, 2.24) is 10.2 Å². The van der Waals surface area contributed by atoms with Crippen LogP contribution in [0.5, 0.6) is 0 Å². The summed E-state index contributed by atoms with van der Waals surface area (Å²) in [6.45, 7) is 18.0. The summed E-state index contributed by atoms with van der Waals surface area (Å²) in [5.74, 6) is 0.540. The van der Waals surface area contributed by atoms with E-state index in [0.717, 1.165) is 26.1 Å². The predicted molar refractivity (Wildman–Crippen MR) is 89.5 cm³/mol. The summed E-state index contributed by atoms with van der Waals surface area (Å²) in [6, 6.07) is 0.345. The highest BCUT2D eigenvalue weighted by Gasteiger charge is 2.36. The highest BCUT2D eigenvalue weighted by molar-refractivity contribution is 5.80. The molecule has 4 heteroatoms. The molecule has 0 saturated heterocycles. The zero-order valence-electron chi connectivity index (χ0n) is 15.2. The van der Waals surface area contributed by atoms with Gasteiger partial charge >= 0.3 is 5.97 Å². The fraction of sp³-hybridized carbons (Fsp3) is 0.941. The summed E-state index contributed by atoms with van der Waals surface area (Å²) in [6.07, 6.45) is 1.95. The Morgan fingerprint density at radius 1 is 1.24 bits per heavy atom. The lowest BCUT2D eigenvalue weighted by molar-refractivity contribution is -0.151. The van der Waals surface area contributed by atoms with Gasteiger partial charge in [0.1, 0.15) is 5.54 Å². The second kappa shape index (κ2) is 10.2. The largest absolute Gasteiger partial charge is 0.465 e. The second-order valence-electron chi connectivity index (χ2n) is 6.24. The molecule has 0 aromatic rings. The second-order valence-corrected chi connectivity index (χ2v) is 6.24. The van der Waals surface area contributed by atoms with E-state index in [1.807, 2.05) is 20.8 Å². The molecule has 0 aliphatic rings. The molecule has 0 heterocycles. The number of ether oxygens (including phenoxy) is 1. The van der Waals surface area contributed by atoms with Gasteiger partial charge < -0.3 is 15.0 Å². The Hall–Kier alpha value is -0.610. The van der Waals surface area contributed by atoms with E-state index in [1.165, 1.54) is 6.42 Å². The molecule has 126 valence electrons. The van der Waals surface area contributed by atoms with Crippen LogP contribution in [0.15, 0.2) is 0 Å². The Kier molecular flexibility index (Phi) is 9.88. The van der Waals surface area contributed by atoms with E-state index in [0.29, 0.717) is 18.6 Å². The molecule has 0 aliphatic heterocycles. The van der Waals surface area contributed by atoms with Crippen LogP contribution >= 0.6 is 0 Å². The third-order valence-corrected chi connectivity index (χ3v) is 4.27. The average Bonchev–Trinajstić information content (AvgIpc) is 2.44. The first-order valence-electron chi connectivity index (χ1n) is 8.50. The summed E-state index contributed by atoms with van der Waals surface area (Å²) >= 11 is 0. The topological polar surface area (TPSA) is 41.6 Å². The lowest BCUT2D eigenvalue weighted by atomic mass is 9.92. The number of hydrogen-bond acceptors (Lipinski definition) is 4. The average molecular weight is 300 g/mol. The van der Waals surface area contributed by atoms with E-state index in [1.54, 1.807) is 0 Å². The first-order valence-corrected chi connectivity index (χ1v) is 8.50. The molecular formula is C17H36N2O2. The first-order chi connectivity index (χ1) is 9.84. The molecule has 0 aliphatic carbocycles. The number of carbonyl (C=O) groups is 1. The highest BCUT2D eigenvalue weighted by atomic mass is 16.5. The molecule has 0 radical (unpaired) electrons. The number of likely N-dealkylation sites (N-methyl/N-ethyl adjacent to an activating group) is 1. The Morgan fingerprint density at radius 2 is 1.86 bits per heavy atom. The molecule has 0 amide bonds. The van der Waals surface area contributed by atoms with E-state index in [9.17, 15) is 4.79 Å². The van der Waals surface area contributed by atoms with Crippen LogP contribution in [-0.2, 0) is 9.53 Å². The number of carbonyl (C=O) groups excluding carboxylic acids is 1. The molecular weight excluding hydrogens is 264 g/mol. The van der Waals surface area contributed by atoms with Crippen molar-refractivity contribution >= 4 is 5.97 Å². The molecule has 0 spiro atoms. The van der Waals surface area contributed by atoms with Crippen LogP contribution in [0, 0.1) is 5.92 Å². The van der Waals surface area contributed by atoms with Gasteiger partial charge in [0.15, 0.2) is 0 Å². The van der Waals surface area contributed by atoms with Crippen molar-refractivity contribution in [3.63, 3.8) is 0 Å². The number of rotatable bonds is 11. The molecule has 0 bridgehead atoms. The Bertz CT molecular complexity index is 297. The third-order valence-electron chi connectivity index (χ3n) is 4.27. The molecule has 0 aromatic carbocycles. The van der Waals surface area contributed by atoms with E-state index in [4.69, 9.17) is 4.74 Å². The summed E-state index contributed by atoms with van der Waals surface area (Å²) in [4.78, 5) is 14.7. The van der Waals surface area contributed by atoms with Gasteiger partial charge in [-0.2, -0.15) is 0 Å². The molecule has 0 aromatic heterocycles. The van der Waals surface area contributed by atoms with Crippen LogP contribution in [0.3, 0.4) is 0 Å². The summed E-state index contributed by atoms with van der Waals surface area (Å²) in [7, 11) is 0. The van der Waals surface area contributed by atoms with Crippen LogP contribution in [0.4, 0.5) is 0 Å². The lowest BCUT2D eigenvalue weighted by Gasteiger charge is -2.36. The van der Waals surface area contributed by atoms with Crippen LogP contribution < -0.4 is 5.32 Å². The number of nitrogens with one attached hydrogen (secondary N) is 1. The number of esters is 1. The van der Waals surface area contributed by atoms with Crippen molar-refractivity contribution in [1.29, 1.82) is 0 Å². The molecule has 0 saturated carbocycles. The summed E-state index contributed by atoms with van der Waals surface area (Å²) in [5.41, 5.74) is -0.604. The molecule has 4 nitrogen and oxygen atoms in total. The smallest absolute Gasteiger partial charge is 0.326 e. The van der Waals surface area contributed by atoms with Gasteiger partial charge in [0.25, 0.3) is 0 Å². The predicted octanol–water partition coefficient (Wildman–Crippen LogP) is 3.06. The lowest BCUT2D eigenvalue weighted by Crippen LogP contribution is -2.54. The maximum absolute atomic E-state index is 12.3. The van der Waals surface area contributed by atoms with Gasteiger partial charge in [-0.05, 0) is 46.2 Å². The van der Waals surface area contributed by atoms with E-state index >= 15 is 0 Å². The molecule has 0 rings (SSSR count). The van der Waals surface area contributed by atoms with Gasteiger partial charge in [-0.15, -0.1) is 0 Å². The van der Waals surface area contributed by atoms with Gasteiger partial charge in [-0.3, -0.25) is 4.79 Å². The van der Waals surface area contributed by atoms with Crippen molar-refractivity contribution in [2.75, 3.05) is 26.2 Å². The quantitative estimate of drug-likeness (QED) is 0.595. The van der Waals surface area contributed by atoms with Crippen molar-refractivity contribution in [3.05, 3.63) is 0 Å². The van der Waals surface area contributed by atoms with Crippen molar-refractivity contribution in [3.8, 4) is 0 Å². The SMILES string of the molecule is CCNC(C)(CC(C)N(CC)CC(C)CC)C(=O)OCC. The standard InChI is InChI=1S/C17H36N2O2/c1-8-14(5)13-19(10-3)15(6)12-17(7,18-9-2)16(20)21-11-4/h14-15,18H,8-13H2,1-7H3. The van der Waals surface area contributed by atoms with E-state index < -0.39 is 5.54 Å². The van der Waals surface area contributed by atoms with E-state index in [2.05, 4.69) is 37.9 Å². The van der Waals surface area contributed by atoms with Crippen LogP contribution in [0.25, 0.3) is 0 Å². The zero-order valence-corrected chi connectivity index (χ0v) is 15.2.